The second kappa shape index (κ2) is 7.56. The molecule has 1 amide bonds. The summed E-state index contributed by atoms with van der Waals surface area (Å²) in [6.07, 6.45) is 6.66. The fourth-order valence-electron chi connectivity index (χ4n) is 3.93. The predicted molar refractivity (Wildman–Crippen MR) is 108 cm³/mol. The monoisotopic (exact) mass is 409 g/mol. The fraction of sp³-hybridized carbons (Fsp3) is 0.429. The second-order valence-corrected chi connectivity index (χ2v) is 7.93. The topological polar surface area (TPSA) is 111 Å². The molecule has 2 fully saturated rings. The van der Waals surface area contributed by atoms with Crippen molar-refractivity contribution >= 4 is 11.6 Å². The number of fused-ring (bicyclic) bond motifs is 1. The molecule has 9 heteroatoms. The Hall–Kier alpha value is -3.20. The van der Waals surface area contributed by atoms with Crippen molar-refractivity contribution in [1.29, 1.82) is 0 Å². The Labute approximate surface area is 172 Å². The maximum Gasteiger partial charge on any atom is 0.270 e. The Morgan fingerprint density at radius 1 is 1.23 bits per heavy atom. The number of carbonyl (C=O) groups excluding carboxylic acids is 1. The van der Waals surface area contributed by atoms with E-state index in [-0.39, 0.29) is 17.5 Å². The standard InChI is InChI=1S/C21H23N5O4/c27-18(24-14-4-5-14)17-20(28)25(12-13-6-9-30-10-7-13)19-15(11-23-26(19)21(17)29)16-3-1-2-8-22-16/h1-3,8,11,13-14,29H,4-7,9-10,12H2,(H,24,27). The van der Waals surface area contributed by atoms with Gasteiger partial charge in [-0.05, 0) is 43.7 Å². The molecule has 4 heterocycles. The number of ether oxygens (including phenoxy) is 1. The largest absolute Gasteiger partial charge is 0.492 e. The van der Waals surface area contributed by atoms with Gasteiger partial charge >= 0.3 is 0 Å². The number of aromatic nitrogens is 4. The van der Waals surface area contributed by atoms with E-state index in [4.69, 9.17) is 4.74 Å². The number of pyridine rings is 1. The van der Waals surface area contributed by atoms with Gasteiger partial charge in [-0.1, -0.05) is 6.07 Å². The van der Waals surface area contributed by atoms with Crippen LogP contribution in [0, 0.1) is 5.92 Å². The molecule has 2 aliphatic rings. The lowest BCUT2D eigenvalue weighted by atomic mass is 10.00. The summed E-state index contributed by atoms with van der Waals surface area (Å²) in [6.45, 7) is 1.71. The minimum atomic E-state index is -0.558. The van der Waals surface area contributed by atoms with Crippen molar-refractivity contribution in [3.05, 3.63) is 46.5 Å². The molecular weight excluding hydrogens is 386 g/mol. The van der Waals surface area contributed by atoms with Gasteiger partial charge in [-0.3, -0.25) is 19.1 Å². The molecule has 156 valence electrons. The molecule has 1 aliphatic carbocycles. The maximum atomic E-state index is 13.5. The first-order valence-electron chi connectivity index (χ1n) is 10.3. The molecular formula is C21H23N5O4. The van der Waals surface area contributed by atoms with E-state index in [1.165, 1.54) is 4.52 Å². The lowest BCUT2D eigenvalue weighted by Crippen LogP contribution is -2.37. The molecule has 3 aromatic rings. The number of amides is 1. The van der Waals surface area contributed by atoms with E-state index in [0.717, 1.165) is 25.7 Å². The van der Waals surface area contributed by atoms with E-state index in [9.17, 15) is 14.7 Å². The minimum absolute atomic E-state index is 0.0673. The molecule has 9 nitrogen and oxygen atoms in total. The highest BCUT2D eigenvalue weighted by atomic mass is 16.5. The highest BCUT2D eigenvalue weighted by Gasteiger charge is 2.30. The van der Waals surface area contributed by atoms with Gasteiger partial charge in [-0.25, -0.2) is 0 Å². The highest BCUT2D eigenvalue weighted by Crippen LogP contribution is 2.28. The first-order valence-corrected chi connectivity index (χ1v) is 10.3. The van der Waals surface area contributed by atoms with Crippen molar-refractivity contribution < 1.29 is 14.6 Å². The molecule has 1 saturated carbocycles. The zero-order chi connectivity index (χ0) is 20.7. The van der Waals surface area contributed by atoms with Gasteiger partial charge in [-0.2, -0.15) is 9.61 Å². The third-order valence-corrected chi connectivity index (χ3v) is 5.74. The average molecular weight is 409 g/mol. The molecule has 30 heavy (non-hydrogen) atoms. The van der Waals surface area contributed by atoms with Crippen LogP contribution in [0.25, 0.3) is 16.9 Å². The number of rotatable bonds is 5. The van der Waals surface area contributed by atoms with Crippen LogP contribution in [0.15, 0.2) is 35.4 Å². The van der Waals surface area contributed by atoms with Crippen molar-refractivity contribution in [2.45, 2.75) is 38.3 Å². The number of aromatic hydroxyl groups is 1. The number of nitrogens with zero attached hydrogens (tertiary/aromatic N) is 4. The van der Waals surface area contributed by atoms with Crippen LogP contribution in [0.3, 0.4) is 0 Å². The molecule has 1 saturated heterocycles. The molecule has 5 rings (SSSR count). The second-order valence-electron chi connectivity index (χ2n) is 7.93. The Bertz CT molecular complexity index is 1140. The van der Waals surface area contributed by atoms with Gasteiger partial charge in [0.2, 0.25) is 5.88 Å². The van der Waals surface area contributed by atoms with Crippen LogP contribution in [0.5, 0.6) is 5.88 Å². The number of nitrogens with one attached hydrogen (secondary N) is 1. The van der Waals surface area contributed by atoms with Gasteiger partial charge in [0.25, 0.3) is 11.5 Å². The molecule has 0 bridgehead atoms. The summed E-state index contributed by atoms with van der Waals surface area (Å²) in [7, 11) is 0. The molecule has 0 spiro atoms. The number of carbonyl (C=O) groups is 1. The van der Waals surface area contributed by atoms with Crippen LogP contribution >= 0.6 is 0 Å². The third kappa shape index (κ3) is 3.35. The number of hydrogen-bond acceptors (Lipinski definition) is 6. The molecule has 2 N–H and O–H groups in total. The third-order valence-electron chi connectivity index (χ3n) is 5.74. The zero-order valence-electron chi connectivity index (χ0n) is 16.5. The Kier molecular flexibility index (Phi) is 4.74. The summed E-state index contributed by atoms with van der Waals surface area (Å²) in [5, 5.41) is 17.9. The number of hydrogen-bond donors (Lipinski definition) is 2. The van der Waals surface area contributed by atoms with E-state index in [1.54, 1.807) is 17.0 Å². The summed E-state index contributed by atoms with van der Waals surface area (Å²) in [6, 6.07) is 5.55. The van der Waals surface area contributed by atoms with Gasteiger partial charge in [-0.15, -0.1) is 0 Å². The summed E-state index contributed by atoms with van der Waals surface area (Å²) >= 11 is 0. The van der Waals surface area contributed by atoms with Crippen molar-refractivity contribution in [3.8, 4) is 17.1 Å². The van der Waals surface area contributed by atoms with E-state index < -0.39 is 17.3 Å². The Morgan fingerprint density at radius 2 is 2.03 bits per heavy atom. The molecule has 1 aliphatic heterocycles. The Morgan fingerprint density at radius 3 is 2.73 bits per heavy atom. The van der Waals surface area contributed by atoms with E-state index in [0.29, 0.717) is 36.7 Å². The van der Waals surface area contributed by atoms with Gasteiger partial charge in [0, 0.05) is 32.0 Å². The molecule has 0 radical (unpaired) electrons. The molecule has 0 aromatic carbocycles. The minimum Gasteiger partial charge on any atom is -0.492 e. The first kappa shape index (κ1) is 18.8. The summed E-state index contributed by atoms with van der Waals surface area (Å²) in [4.78, 5) is 30.6. The van der Waals surface area contributed by atoms with Crippen LogP contribution in [0.2, 0.25) is 0 Å². The molecule has 0 unspecified atom stereocenters. The quantitative estimate of drug-likeness (QED) is 0.662. The normalized spacial score (nSPS) is 17.3. The van der Waals surface area contributed by atoms with Gasteiger partial charge in [0.15, 0.2) is 11.2 Å². The van der Waals surface area contributed by atoms with Crippen LogP contribution in [0.1, 0.15) is 36.0 Å². The van der Waals surface area contributed by atoms with Crippen molar-refractivity contribution in [2.75, 3.05) is 13.2 Å². The van der Waals surface area contributed by atoms with Gasteiger partial charge in [0.1, 0.15) is 0 Å². The van der Waals surface area contributed by atoms with E-state index in [1.807, 2.05) is 18.2 Å². The van der Waals surface area contributed by atoms with Crippen LogP contribution in [-0.4, -0.2) is 49.4 Å². The van der Waals surface area contributed by atoms with Crippen molar-refractivity contribution in [2.24, 2.45) is 5.92 Å². The van der Waals surface area contributed by atoms with Crippen LogP contribution in [-0.2, 0) is 11.3 Å². The predicted octanol–water partition coefficient (Wildman–Crippen LogP) is 1.58. The average Bonchev–Trinajstić information content (AvgIpc) is 3.46. The van der Waals surface area contributed by atoms with Crippen molar-refractivity contribution in [3.63, 3.8) is 0 Å². The molecule has 0 atom stereocenters. The maximum absolute atomic E-state index is 13.5. The highest BCUT2D eigenvalue weighted by molar-refractivity contribution is 5.97. The Balaban J connectivity index is 1.69. The lowest BCUT2D eigenvalue weighted by Gasteiger charge is -2.24. The fourth-order valence-corrected chi connectivity index (χ4v) is 3.93. The summed E-state index contributed by atoms with van der Waals surface area (Å²) in [5.74, 6) is -0.772. The lowest BCUT2D eigenvalue weighted by molar-refractivity contribution is 0.0611. The summed E-state index contributed by atoms with van der Waals surface area (Å²) < 4.78 is 8.28. The van der Waals surface area contributed by atoms with Crippen LogP contribution in [0.4, 0.5) is 0 Å². The van der Waals surface area contributed by atoms with Crippen LogP contribution < -0.4 is 10.9 Å². The summed E-state index contributed by atoms with van der Waals surface area (Å²) in [5.41, 5.74) is 0.927. The zero-order valence-corrected chi connectivity index (χ0v) is 16.5. The van der Waals surface area contributed by atoms with E-state index in [2.05, 4.69) is 15.4 Å². The first-order chi connectivity index (χ1) is 14.6. The van der Waals surface area contributed by atoms with E-state index >= 15 is 0 Å². The molecule has 3 aromatic heterocycles. The smallest absolute Gasteiger partial charge is 0.270 e. The van der Waals surface area contributed by atoms with Gasteiger partial charge < -0.3 is 15.2 Å². The SMILES string of the molecule is O=C(NC1CC1)c1c(O)n2ncc(-c3ccccn3)c2n(CC2CCOCC2)c1=O. The van der Waals surface area contributed by atoms with Gasteiger partial charge in [0.05, 0.1) is 17.5 Å². The van der Waals surface area contributed by atoms with Crippen molar-refractivity contribution in [1.82, 2.24) is 24.5 Å².